The van der Waals surface area contributed by atoms with Crippen LogP contribution in [-0.2, 0) is 24.7 Å². The molecule has 13 heteroatoms. The summed E-state index contributed by atoms with van der Waals surface area (Å²) in [5.74, 6) is 0.0911. The lowest BCUT2D eigenvalue weighted by Crippen LogP contribution is -2.40. The molecule has 0 fully saturated rings. The molecular weight excluding hydrogens is 417 g/mol. The van der Waals surface area contributed by atoms with Gasteiger partial charge in [0.1, 0.15) is 5.69 Å². The first kappa shape index (κ1) is 20.7. The number of benzene rings is 1. The van der Waals surface area contributed by atoms with E-state index in [1.54, 1.807) is 6.92 Å². The maximum Gasteiger partial charge on any atom is 0.431 e. The number of rotatable bonds is 5. The number of aromatic nitrogens is 6. The molecule has 0 unspecified atom stereocenters. The van der Waals surface area contributed by atoms with Crippen LogP contribution in [-0.4, -0.2) is 35.9 Å². The molecule has 0 aliphatic rings. The van der Waals surface area contributed by atoms with Crippen LogP contribution in [0.15, 0.2) is 33.9 Å². The third-order valence-corrected chi connectivity index (χ3v) is 4.25. The van der Waals surface area contributed by atoms with Crippen LogP contribution >= 0.6 is 11.6 Å². The molecule has 2 heterocycles. The zero-order valence-electron chi connectivity index (χ0n) is 15.1. The summed E-state index contributed by atoms with van der Waals surface area (Å²) >= 11 is 6.16. The molecule has 0 saturated carbocycles. The minimum atomic E-state index is -4.85. The lowest BCUT2D eigenvalue weighted by Gasteiger charge is -2.14. The van der Waals surface area contributed by atoms with E-state index in [4.69, 9.17) is 16.3 Å². The Hall–Kier alpha value is -2.99. The standard InChI is InChI=1S/C16H14ClF3N6O3/c1-3-29-8-25-22-14(21-23-25)10-6-9(4-5-11(10)17)26-13(27)7-12(16(18,19)20)24(2)15(26)28/h4-7H,3,8H2,1-2H3. The van der Waals surface area contributed by atoms with Crippen molar-refractivity contribution in [2.45, 2.75) is 19.8 Å². The molecule has 1 aromatic carbocycles. The van der Waals surface area contributed by atoms with Crippen LogP contribution in [0.25, 0.3) is 17.1 Å². The normalized spacial score (nSPS) is 11.8. The minimum absolute atomic E-state index is 0.00452. The van der Waals surface area contributed by atoms with Gasteiger partial charge in [-0.1, -0.05) is 11.6 Å². The first-order valence-electron chi connectivity index (χ1n) is 8.19. The number of hydrogen-bond donors (Lipinski definition) is 0. The Labute approximate surface area is 165 Å². The van der Waals surface area contributed by atoms with Gasteiger partial charge in [0, 0.05) is 25.3 Å². The zero-order chi connectivity index (χ0) is 21.3. The van der Waals surface area contributed by atoms with E-state index in [0.717, 1.165) is 7.05 Å². The van der Waals surface area contributed by atoms with Crippen LogP contribution in [0.2, 0.25) is 5.02 Å². The van der Waals surface area contributed by atoms with E-state index in [1.807, 2.05) is 0 Å². The molecule has 0 aliphatic heterocycles. The van der Waals surface area contributed by atoms with E-state index in [0.29, 0.717) is 21.8 Å². The monoisotopic (exact) mass is 430 g/mol. The molecule has 154 valence electrons. The first-order valence-corrected chi connectivity index (χ1v) is 8.57. The SMILES string of the molecule is CCOCn1nnc(-c2cc(-n3c(=O)cc(C(F)(F)F)n(C)c3=O)ccc2Cl)n1. The van der Waals surface area contributed by atoms with Crippen LogP contribution in [0, 0.1) is 0 Å². The lowest BCUT2D eigenvalue weighted by molar-refractivity contribution is -0.144. The Morgan fingerprint density at radius 2 is 1.93 bits per heavy atom. The summed E-state index contributed by atoms with van der Waals surface area (Å²) in [7, 11) is 0.929. The van der Waals surface area contributed by atoms with Crippen molar-refractivity contribution in [3.05, 3.63) is 55.8 Å². The van der Waals surface area contributed by atoms with E-state index in [2.05, 4.69) is 15.4 Å². The van der Waals surface area contributed by atoms with Gasteiger partial charge in [0.05, 0.1) is 10.7 Å². The maximum atomic E-state index is 13.0. The Kier molecular flexibility index (Phi) is 5.57. The van der Waals surface area contributed by atoms with Gasteiger partial charge in [-0.15, -0.1) is 15.0 Å². The number of ether oxygens (including phenoxy) is 1. The summed E-state index contributed by atoms with van der Waals surface area (Å²) in [4.78, 5) is 25.9. The fourth-order valence-corrected chi connectivity index (χ4v) is 2.74. The zero-order valence-corrected chi connectivity index (χ0v) is 15.9. The number of tetrazole rings is 1. The molecular formula is C16H14ClF3N6O3. The lowest BCUT2D eigenvalue weighted by atomic mass is 10.2. The fraction of sp³-hybridized carbons (Fsp3) is 0.312. The highest BCUT2D eigenvalue weighted by molar-refractivity contribution is 6.33. The number of halogens is 4. The molecule has 3 aromatic rings. The second kappa shape index (κ2) is 7.79. The molecule has 0 saturated heterocycles. The van der Waals surface area contributed by atoms with Crippen molar-refractivity contribution in [2.75, 3.05) is 6.61 Å². The third-order valence-electron chi connectivity index (χ3n) is 3.92. The summed E-state index contributed by atoms with van der Waals surface area (Å²) in [6.45, 7) is 2.29. The molecule has 0 aliphatic carbocycles. The molecule has 9 nitrogen and oxygen atoms in total. The van der Waals surface area contributed by atoms with Crippen molar-refractivity contribution in [3.63, 3.8) is 0 Å². The first-order chi connectivity index (χ1) is 13.6. The molecule has 0 amide bonds. The number of nitrogens with zero attached hydrogens (tertiary/aromatic N) is 6. The highest BCUT2D eigenvalue weighted by Gasteiger charge is 2.35. The van der Waals surface area contributed by atoms with Gasteiger partial charge in [-0.3, -0.25) is 9.36 Å². The van der Waals surface area contributed by atoms with Crippen molar-refractivity contribution in [1.82, 2.24) is 29.3 Å². The maximum absolute atomic E-state index is 13.0. The van der Waals surface area contributed by atoms with Crippen LogP contribution in [0.4, 0.5) is 13.2 Å². The topological polar surface area (TPSA) is 96.8 Å². The van der Waals surface area contributed by atoms with Crippen molar-refractivity contribution in [3.8, 4) is 17.1 Å². The number of hydrogen-bond acceptors (Lipinski definition) is 6. The van der Waals surface area contributed by atoms with E-state index < -0.39 is 23.1 Å². The summed E-state index contributed by atoms with van der Waals surface area (Å²) in [5.41, 5.74) is -3.41. The van der Waals surface area contributed by atoms with E-state index in [-0.39, 0.29) is 28.8 Å². The summed E-state index contributed by atoms with van der Waals surface area (Å²) < 4.78 is 45.1. The van der Waals surface area contributed by atoms with E-state index in [9.17, 15) is 22.8 Å². The molecule has 3 rings (SSSR count). The molecule has 2 aromatic heterocycles. The Balaban J connectivity index is 2.11. The average molecular weight is 431 g/mol. The average Bonchev–Trinajstić information content (AvgIpc) is 3.12. The van der Waals surface area contributed by atoms with E-state index in [1.165, 1.54) is 23.0 Å². The van der Waals surface area contributed by atoms with Gasteiger partial charge in [-0.25, -0.2) is 9.36 Å². The molecule has 0 radical (unpaired) electrons. The molecule has 29 heavy (non-hydrogen) atoms. The third kappa shape index (κ3) is 4.07. The predicted octanol–water partition coefficient (Wildman–Crippen LogP) is 1.86. The van der Waals surface area contributed by atoms with Gasteiger partial charge >= 0.3 is 11.9 Å². The van der Waals surface area contributed by atoms with Crippen molar-refractivity contribution >= 4 is 11.6 Å². The van der Waals surface area contributed by atoms with Gasteiger partial charge < -0.3 is 4.74 Å². The molecule has 0 spiro atoms. The van der Waals surface area contributed by atoms with Crippen molar-refractivity contribution in [2.24, 2.45) is 7.05 Å². The summed E-state index contributed by atoms with van der Waals surface area (Å²) in [6.07, 6.45) is -4.85. The predicted molar refractivity (Wildman–Crippen MR) is 95.7 cm³/mol. The summed E-state index contributed by atoms with van der Waals surface area (Å²) in [6, 6.07) is 4.37. The Morgan fingerprint density at radius 3 is 2.59 bits per heavy atom. The van der Waals surface area contributed by atoms with Gasteiger partial charge in [0.2, 0.25) is 5.82 Å². The quantitative estimate of drug-likeness (QED) is 0.613. The number of alkyl halides is 3. The Morgan fingerprint density at radius 1 is 1.21 bits per heavy atom. The fourth-order valence-electron chi connectivity index (χ4n) is 2.54. The highest BCUT2D eigenvalue weighted by atomic mass is 35.5. The second-order valence-electron chi connectivity index (χ2n) is 5.81. The second-order valence-corrected chi connectivity index (χ2v) is 6.22. The van der Waals surface area contributed by atoms with Crippen LogP contribution in [0.5, 0.6) is 0 Å². The van der Waals surface area contributed by atoms with Crippen molar-refractivity contribution in [1.29, 1.82) is 0 Å². The smallest absolute Gasteiger partial charge is 0.358 e. The minimum Gasteiger partial charge on any atom is -0.358 e. The van der Waals surface area contributed by atoms with Gasteiger partial charge in [-0.2, -0.15) is 13.2 Å². The highest BCUT2D eigenvalue weighted by Crippen LogP contribution is 2.28. The van der Waals surface area contributed by atoms with Gasteiger partial charge in [0.25, 0.3) is 5.56 Å². The molecule has 0 N–H and O–H groups in total. The van der Waals surface area contributed by atoms with Gasteiger partial charge in [0.15, 0.2) is 6.73 Å². The largest absolute Gasteiger partial charge is 0.431 e. The van der Waals surface area contributed by atoms with Crippen LogP contribution in [0.1, 0.15) is 12.6 Å². The van der Waals surface area contributed by atoms with E-state index >= 15 is 0 Å². The molecule has 0 atom stereocenters. The molecule has 0 bridgehead atoms. The summed E-state index contributed by atoms with van der Waals surface area (Å²) in [5, 5.41) is 11.9. The van der Waals surface area contributed by atoms with Crippen molar-refractivity contribution < 1.29 is 17.9 Å². The van der Waals surface area contributed by atoms with Gasteiger partial charge in [-0.05, 0) is 30.3 Å². The van der Waals surface area contributed by atoms with Crippen LogP contribution in [0.3, 0.4) is 0 Å². The Bertz CT molecular complexity index is 1170. The van der Waals surface area contributed by atoms with Crippen LogP contribution < -0.4 is 11.2 Å².